The molecule has 20 heavy (non-hydrogen) atoms. The Bertz CT molecular complexity index is 571. The van der Waals surface area contributed by atoms with Crippen molar-refractivity contribution >= 4 is 20.0 Å². The SMILES string of the molecule is [B-][P+](Cc1ccccc1)(c1ccccc1C)C(C)(C)C. The van der Waals surface area contributed by atoms with Crippen molar-refractivity contribution in [2.75, 3.05) is 0 Å². The van der Waals surface area contributed by atoms with Crippen molar-refractivity contribution in [3.8, 4) is 0 Å². The van der Waals surface area contributed by atoms with Gasteiger partial charge in [0.05, 0.1) is 0 Å². The van der Waals surface area contributed by atoms with Gasteiger partial charge in [-0.3, -0.25) is 7.57 Å². The van der Waals surface area contributed by atoms with Crippen molar-refractivity contribution in [2.45, 2.75) is 39.0 Å². The second kappa shape index (κ2) is 5.74. The normalized spacial score (nSPS) is 14.8. The van der Waals surface area contributed by atoms with E-state index in [9.17, 15) is 0 Å². The Balaban J connectivity index is 2.50. The minimum Gasteiger partial charge on any atom is -0.298 e. The third-order valence-electron chi connectivity index (χ3n) is 4.02. The first-order valence-electron chi connectivity index (χ1n) is 7.11. The molecule has 0 aliphatic heterocycles. The number of aryl methyl sites for hydroxylation is 1. The maximum Gasteiger partial charge on any atom is 0.0455 e. The van der Waals surface area contributed by atoms with E-state index >= 15 is 0 Å². The number of benzene rings is 2. The van der Waals surface area contributed by atoms with E-state index in [0.29, 0.717) is 0 Å². The molecular weight excluding hydrogens is 258 g/mol. The topological polar surface area (TPSA) is 0 Å². The molecule has 0 heterocycles. The molecule has 1 atom stereocenters. The molecule has 2 aromatic rings. The van der Waals surface area contributed by atoms with Gasteiger partial charge < -0.3 is 0 Å². The summed E-state index contributed by atoms with van der Waals surface area (Å²) in [5.41, 5.74) is 2.65. The summed E-state index contributed by atoms with van der Waals surface area (Å²) in [6, 6.07) is 19.2. The fourth-order valence-corrected chi connectivity index (χ4v) is 5.78. The van der Waals surface area contributed by atoms with Crippen molar-refractivity contribution in [3.63, 3.8) is 0 Å². The van der Waals surface area contributed by atoms with E-state index in [1.54, 1.807) is 0 Å². The zero-order valence-electron chi connectivity index (χ0n) is 12.9. The van der Waals surface area contributed by atoms with Crippen LogP contribution < -0.4 is 5.30 Å². The van der Waals surface area contributed by atoms with Gasteiger partial charge in [-0.05, 0) is 44.9 Å². The first-order chi connectivity index (χ1) is 9.34. The van der Waals surface area contributed by atoms with Crippen molar-refractivity contribution in [1.82, 2.24) is 0 Å². The highest BCUT2D eigenvalue weighted by atomic mass is 31.2. The third kappa shape index (κ3) is 2.99. The second-order valence-corrected chi connectivity index (χ2v) is 10.3. The molecule has 0 aromatic heterocycles. The summed E-state index contributed by atoms with van der Waals surface area (Å²) in [6.45, 7) is 9.00. The van der Waals surface area contributed by atoms with E-state index in [4.69, 9.17) is 7.57 Å². The Morgan fingerprint density at radius 1 is 0.900 bits per heavy atom. The molecule has 0 aliphatic rings. The van der Waals surface area contributed by atoms with E-state index in [1.807, 2.05) is 0 Å². The Morgan fingerprint density at radius 3 is 2.00 bits per heavy atom. The van der Waals surface area contributed by atoms with Crippen molar-refractivity contribution in [1.29, 1.82) is 0 Å². The molecule has 103 valence electrons. The van der Waals surface area contributed by atoms with Gasteiger partial charge in [-0.25, -0.2) is 7.14 Å². The molecule has 2 rings (SSSR count). The predicted molar refractivity (Wildman–Crippen MR) is 93.4 cm³/mol. The van der Waals surface area contributed by atoms with Crippen LogP contribution in [0, 0.1) is 6.92 Å². The highest BCUT2D eigenvalue weighted by Gasteiger charge is 2.36. The summed E-state index contributed by atoms with van der Waals surface area (Å²) in [5, 5.41) is 1.45. The van der Waals surface area contributed by atoms with Gasteiger partial charge in [-0.15, -0.1) is 0 Å². The molecule has 0 N–H and O–H groups in total. The van der Waals surface area contributed by atoms with Crippen molar-refractivity contribution < 1.29 is 0 Å². The highest BCUT2D eigenvalue weighted by molar-refractivity contribution is 8.03. The van der Waals surface area contributed by atoms with Crippen LogP contribution in [0.5, 0.6) is 0 Å². The van der Waals surface area contributed by atoms with Crippen LogP contribution in [0.2, 0.25) is 0 Å². The molecule has 0 nitrogen and oxygen atoms in total. The second-order valence-electron chi connectivity index (χ2n) is 6.47. The molecule has 0 saturated heterocycles. The standard InChI is InChI=1S/C18H23BP/c1-15-10-8-9-13-17(15)20(19,18(2,3)4)14-16-11-6-5-7-12-16/h5-13H,14H2,1-4H3. The smallest absolute Gasteiger partial charge is 0.0455 e. The lowest BCUT2D eigenvalue weighted by Gasteiger charge is -2.49. The van der Waals surface area contributed by atoms with Crippen molar-refractivity contribution in [3.05, 3.63) is 65.7 Å². The monoisotopic (exact) mass is 281 g/mol. The van der Waals surface area contributed by atoms with Crippen molar-refractivity contribution in [2.24, 2.45) is 0 Å². The average molecular weight is 281 g/mol. The van der Waals surface area contributed by atoms with Crippen LogP contribution in [-0.2, 0) is 6.16 Å². The van der Waals surface area contributed by atoms with E-state index in [1.165, 1.54) is 16.4 Å². The molecule has 2 heteroatoms. The summed E-state index contributed by atoms with van der Waals surface area (Å²) >= 11 is 0. The molecule has 0 amide bonds. The highest BCUT2D eigenvalue weighted by Crippen LogP contribution is 2.66. The van der Waals surface area contributed by atoms with Gasteiger partial charge in [0.25, 0.3) is 0 Å². The van der Waals surface area contributed by atoms with Crippen LogP contribution >= 0.6 is 7.14 Å². The summed E-state index contributed by atoms with van der Waals surface area (Å²) in [5.74, 6) is 0. The Hall–Kier alpha value is -1.07. The maximum absolute atomic E-state index is 7.04. The average Bonchev–Trinajstić information content (AvgIpc) is 2.39. The molecule has 2 aromatic carbocycles. The van der Waals surface area contributed by atoms with E-state index in [0.717, 1.165) is 6.16 Å². The lowest BCUT2D eigenvalue weighted by molar-refractivity contribution is 0.781. The van der Waals surface area contributed by atoms with Crippen LogP contribution in [0.25, 0.3) is 0 Å². The molecule has 1 unspecified atom stereocenters. The fraction of sp³-hybridized carbons (Fsp3) is 0.333. The van der Waals surface area contributed by atoms with Gasteiger partial charge in [-0.1, -0.05) is 48.5 Å². The van der Waals surface area contributed by atoms with Crippen LogP contribution in [0.3, 0.4) is 0 Å². The van der Waals surface area contributed by atoms with Crippen LogP contribution in [0.15, 0.2) is 54.6 Å². The summed E-state index contributed by atoms with van der Waals surface area (Å²) in [4.78, 5) is 0. The van der Waals surface area contributed by atoms with Gasteiger partial charge in [0, 0.05) is 16.6 Å². The predicted octanol–water partition coefficient (Wildman–Crippen LogP) is 4.72. The van der Waals surface area contributed by atoms with Crippen LogP contribution in [0.1, 0.15) is 31.9 Å². The van der Waals surface area contributed by atoms with Gasteiger partial charge in [0.1, 0.15) is 0 Å². The Labute approximate surface area is 125 Å². The Morgan fingerprint density at radius 2 is 1.45 bits per heavy atom. The lowest BCUT2D eigenvalue weighted by Crippen LogP contribution is -2.31. The van der Waals surface area contributed by atoms with E-state index in [-0.39, 0.29) is 5.16 Å². The first-order valence-corrected chi connectivity index (χ1v) is 9.16. The fourth-order valence-electron chi connectivity index (χ4n) is 2.57. The van der Waals surface area contributed by atoms with Gasteiger partial charge in [0.2, 0.25) is 0 Å². The summed E-state index contributed by atoms with van der Waals surface area (Å²) in [7, 11) is 5.28. The largest absolute Gasteiger partial charge is 0.298 e. The van der Waals surface area contributed by atoms with E-state index < -0.39 is 7.14 Å². The minimum absolute atomic E-state index is 0.0922. The summed E-state index contributed by atoms with van der Waals surface area (Å²) < 4.78 is 0. The zero-order valence-corrected chi connectivity index (χ0v) is 13.8. The first kappa shape index (κ1) is 15.3. The molecule has 0 spiro atoms. The number of hydrogen-bond acceptors (Lipinski definition) is 0. The molecule has 3 radical (unpaired) electrons. The maximum atomic E-state index is 7.04. The van der Waals surface area contributed by atoms with Gasteiger partial charge in [-0.2, -0.15) is 0 Å². The number of rotatable bonds is 3. The minimum atomic E-state index is -1.77. The molecule has 0 aliphatic carbocycles. The van der Waals surface area contributed by atoms with Crippen LogP contribution in [-0.4, -0.2) is 12.7 Å². The molecule has 0 fully saturated rings. The zero-order chi connectivity index (χ0) is 14.8. The quantitative estimate of drug-likeness (QED) is 0.564. The molecule has 0 saturated carbocycles. The third-order valence-corrected chi connectivity index (χ3v) is 8.64. The lowest BCUT2D eigenvalue weighted by atomic mass is 10.2. The van der Waals surface area contributed by atoms with E-state index in [2.05, 4.69) is 82.3 Å². The van der Waals surface area contributed by atoms with Gasteiger partial charge in [0.15, 0.2) is 0 Å². The Kier molecular flexibility index (Phi) is 4.40. The van der Waals surface area contributed by atoms with Gasteiger partial charge >= 0.3 is 0 Å². The summed E-state index contributed by atoms with van der Waals surface area (Å²) in [6.07, 6.45) is 0.961. The molecule has 0 bridgehead atoms. The number of hydrogen-bond donors (Lipinski definition) is 0. The van der Waals surface area contributed by atoms with Crippen LogP contribution in [0.4, 0.5) is 0 Å². The molecular formula is C18H23BP.